The van der Waals surface area contributed by atoms with E-state index in [1.807, 2.05) is 12.1 Å². The van der Waals surface area contributed by atoms with E-state index in [1.165, 1.54) is 0 Å². The van der Waals surface area contributed by atoms with E-state index in [0.29, 0.717) is 25.0 Å². The number of nitrogens with one attached hydrogen (secondary N) is 1. The molecule has 3 heterocycles. The highest BCUT2D eigenvalue weighted by Crippen LogP contribution is 2.25. The minimum Gasteiger partial charge on any atom is -0.460 e. The smallest absolute Gasteiger partial charge is 0.255 e. The van der Waals surface area contributed by atoms with Gasteiger partial charge in [-0.1, -0.05) is 6.07 Å². The van der Waals surface area contributed by atoms with Crippen molar-refractivity contribution >= 4 is 22.7 Å². The maximum atomic E-state index is 13.7. The van der Waals surface area contributed by atoms with E-state index in [0.717, 1.165) is 31.2 Å². The number of hydrogen-bond donors (Lipinski definition) is 1. The Labute approximate surface area is 153 Å². The first-order valence-electron chi connectivity index (χ1n) is 8.55. The molecular formula is C19H17F2N3O3. The fourth-order valence-corrected chi connectivity index (χ4v) is 3.04. The molecule has 1 amide bonds. The highest BCUT2D eigenvalue weighted by molar-refractivity contribution is 6.06. The van der Waals surface area contributed by atoms with Crippen LogP contribution in [0.1, 0.15) is 16.1 Å². The number of hydrogen-bond acceptors (Lipinski definition) is 5. The van der Waals surface area contributed by atoms with Crippen molar-refractivity contribution in [3.8, 4) is 0 Å². The molecule has 3 aromatic rings. The number of nitrogens with zero attached hydrogens (tertiary/aromatic N) is 2. The lowest BCUT2D eigenvalue weighted by Gasteiger charge is -2.28. The predicted octanol–water partition coefficient (Wildman–Crippen LogP) is 2.87. The Balaban J connectivity index is 1.48. The van der Waals surface area contributed by atoms with Crippen LogP contribution in [0.15, 0.2) is 41.0 Å². The Hall–Kier alpha value is -3.00. The maximum absolute atomic E-state index is 13.7. The lowest BCUT2D eigenvalue weighted by Crippen LogP contribution is -2.37. The third kappa shape index (κ3) is 3.61. The quantitative estimate of drug-likeness (QED) is 0.762. The lowest BCUT2D eigenvalue weighted by molar-refractivity contribution is 0.0951. The van der Waals surface area contributed by atoms with Crippen LogP contribution in [0.25, 0.3) is 11.0 Å². The van der Waals surface area contributed by atoms with Crippen molar-refractivity contribution < 1.29 is 22.7 Å². The monoisotopic (exact) mass is 373 g/mol. The predicted molar refractivity (Wildman–Crippen MR) is 94.6 cm³/mol. The third-order valence-electron chi connectivity index (χ3n) is 4.40. The van der Waals surface area contributed by atoms with E-state index in [1.54, 1.807) is 6.07 Å². The van der Waals surface area contributed by atoms with Crippen molar-refractivity contribution in [1.29, 1.82) is 0 Å². The molecule has 0 unspecified atom stereocenters. The first kappa shape index (κ1) is 17.4. The number of fused-ring (bicyclic) bond motifs is 1. The Morgan fingerprint density at radius 1 is 1.22 bits per heavy atom. The van der Waals surface area contributed by atoms with Crippen LogP contribution in [-0.2, 0) is 11.3 Å². The normalized spacial score (nSPS) is 14.5. The number of benzene rings is 1. The molecule has 140 valence electrons. The number of amides is 1. The minimum atomic E-state index is -0.844. The summed E-state index contributed by atoms with van der Waals surface area (Å²) < 4.78 is 37.6. The number of rotatable bonds is 4. The van der Waals surface area contributed by atoms with Crippen molar-refractivity contribution in [3.05, 3.63) is 59.5 Å². The molecule has 1 N–H and O–H groups in total. The standard InChI is InChI=1S/C19H17F2N3O3/c20-12-8-14-15(11-27-18(14)16(21)9-12)19(25)22-10-13-2-1-3-17(23-13)24-4-6-26-7-5-24/h1-3,8-9,11H,4-7,10H2,(H,22,25). The van der Waals surface area contributed by atoms with E-state index in [2.05, 4.69) is 15.2 Å². The topological polar surface area (TPSA) is 67.6 Å². The highest BCUT2D eigenvalue weighted by Gasteiger charge is 2.18. The van der Waals surface area contributed by atoms with E-state index < -0.39 is 17.5 Å². The number of pyridine rings is 1. The number of ether oxygens (including phenoxy) is 1. The van der Waals surface area contributed by atoms with Gasteiger partial charge in [-0.15, -0.1) is 0 Å². The molecule has 0 atom stereocenters. The Bertz CT molecular complexity index is 983. The first-order valence-corrected chi connectivity index (χ1v) is 8.55. The Morgan fingerprint density at radius 3 is 2.85 bits per heavy atom. The van der Waals surface area contributed by atoms with Gasteiger partial charge in [0.1, 0.15) is 17.9 Å². The van der Waals surface area contributed by atoms with Crippen LogP contribution >= 0.6 is 0 Å². The molecule has 1 fully saturated rings. The van der Waals surface area contributed by atoms with Gasteiger partial charge in [0.25, 0.3) is 5.91 Å². The summed E-state index contributed by atoms with van der Waals surface area (Å²) in [7, 11) is 0. The third-order valence-corrected chi connectivity index (χ3v) is 4.40. The van der Waals surface area contributed by atoms with E-state index in [4.69, 9.17) is 9.15 Å². The zero-order valence-electron chi connectivity index (χ0n) is 14.4. The van der Waals surface area contributed by atoms with Crippen LogP contribution in [0.3, 0.4) is 0 Å². The molecule has 0 radical (unpaired) electrons. The largest absolute Gasteiger partial charge is 0.460 e. The number of furan rings is 1. The molecule has 2 aromatic heterocycles. The van der Waals surface area contributed by atoms with E-state index >= 15 is 0 Å². The van der Waals surface area contributed by atoms with Crippen LogP contribution in [-0.4, -0.2) is 37.2 Å². The van der Waals surface area contributed by atoms with Crippen LogP contribution in [0.2, 0.25) is 0 Å². The maximum Gasteiger partial charge on any atom is 0.255 e. The molecule has 6 nitrogen and oxygen atoms in total. The number of carbonyl (C=O) groups excluding carboxylic acids is 1. The van der Waals surface area contributed by atoms with Gasteiger partial charge in [0.15, 0.2) is 11.4 Å². The summed E-state index contributed by atoms with van der Waals surface area (Å²) in [6.45, 7) is 3.02. The van der Waals surface area contributed by atoms with Gasteiger partial charge >= 0.3 is 0 Å². The molecular weight excluding hydrogens is 356 g/mol. The summed E-state index contributed by atoms with van der Waals surface area (Å²) in [6, 6.07) is 7.38. The Morgan fingerprint density at radius 2 is 2.04 bits per heavy atom. The first-order chi connectivity index (χ1) is 13.1. The second-order valence-corrected chi connectivity index (χ2v) is 6.18. The fraction of sp³-hybridized carbons (Fsp3) is 0.263. The van der Waals surface area contributed by atoms with Crippen molar-refractivity contribution in [2.75, 3.05) is 31.2 Å². The van der Waals surface area contributed by atoms with Gasteiger partial charge in [0, 0.05) is 24.5 Å². The number of aromatic nitrogens is 1. The zero-order chi connectivity index (χ0) is 18.8. The lowest BCUT2D eigenvalue weighted by atomic mass is 10.1. The molecule has 1 aliphatic heterocycles. The summed E-state index contributed by atoms with van der Waals surface area (Å²) >= 11 is 0. The van der Waals surface area contributed by atoms with Crippen LogP contribution in [0, 0.1) is 11.6 Å². The Kier molecular flexibility index (Phi) is 4.72. The number of carbonyl (C=O) groups is 1. The van der Waals surface area contributed by atoms with E-state index in [-0.39, 0.29) is 23.1 Å². The van der Waals surface area contributed by atoms with Gasteiger partial charge in [0.05, 0.1) is 31.0 Å². The number of anilines is 1. The summed E-state index contributed by atoms with van der Waals surface area (Å²) in [4.78, 5) is 19.1. The molecule has 0 spiro atoms. The van der Waals surface area contributed by atoms with Gasteiger partial charge < -0.3 is 19.4 Å². The molecule has 1 saturated heterocycles. The van der Waals surface area contributed by atoms with Gasteiger partial charge in [-0.3, -0.25) is 4.79 Å². The minimum absolute atomic E-state index is 0.0766. The zero-order valence-corrected chi connectivity index (χ0v) is 14.4. The van der Waals surface area contributed by atoms with Crippen molar-refractivity contribution in [3.63, 3.8) is 0 Å². The summed E-state index contributed by atoms with van der Waals surface area (Å²) in [5, 5.41) is 2.81. The SMILES string of the molecule is O=C(NCc1cccc(N2CCOCC2)n1)c1coc2c(F)cc(F)cc12. The van der Waals surface area contributed by atoms with Gasteiger partial charge in [0.2, 0.25) is 0 Å². The van der Waals surface area contributed by atoms with Crippen molar-refractivity contribution in [1.82, 2.24) is 10.3 Å². The summed E-state index contributed by atoms with van der Waals surface area (Å²) in [5.74, 6) is -1.28. The fourth-order valence-electron chi connectivity index (χ4n) is 3.04. The van der Waals surface area contributed by atoms with Gasteiger partial charge in [-0.05, 0) is 18.2 Å². The molecule has 0 bridgehead atoms. The summed E-state index contributed by atoms with van der Waals surface area (Å²) in [5.41, 5.74) is 0.610. The second-order valence-electron chi connectivity index (χ2n) is 6.18. The molecule has 0 saturated carbocycles. The molecule has 8 heteroatoms. The van der Waals surface area contributed by atoms with Crippen molar-refractivity contribution in [2.24, 2.45) is 0 Å². The molecule has 4 rings (SSSR count). The average molecular weight is 373 g/mol. The number of halogens is 2. The van der Waals surface area contributed by atoms with Gasteiger partial charge in [-0.25, -0.2) is 13.8 Å². The molecule has 27 heavy (non-hydrogen) atoms. The molecule has 1 aliphatic rings. The average Bonchev–Trinajstić information content (AvgIpc) is 3.11. The summed E-state index contributed by atoms with van der Waals surface area (Å²) in [6.07, 6.45) is 1.13. The van der Waals surface area contributed by atoms with Crippen LogP contribution in [0.4, 0.5) is 14.6 Å². The van der Waals surface area contributed by atoms with Crippen molar-refractivity contribution in [2.45, 2.75) is 6.54 Å². The number of morpholine rings is 1. The second kappa shape index (κ2) is 7.32. The van der Waals surface area contributed by atoms with Crippen LogP contribution < -0.4 is 10.2 Å². The van der Waals surface area contributed by atoms with Crippen LogP contribution in [0.5, 0.6) is 0 Å². The highest BCUT2D eigenvalue weighted by atomic mass is 19.1. The molecule has 0 aliphatic carbocycles. The van der Waals surface area contributed by atoms with Gasteiger partial charge in [-0.2, -0.15) is 0 Å². The molecule has 1 aromatic carbocycles. The van der Waals surface area contributed by atoms with E-state index in [9.17, 15) is 13.6 Å².